The minimum Gasteiger partial charge on any atom is -0.357 e. The molecule has 0 bridgehead atoms. The molecular formula is C18H31N3. The van der Waals surface area contributed by atoms with Crippen molar-refractivity contribution in [2.24, 2.45) is 0 Å². The van der Waals surface area contributed by atoms with E-state index in [-0.39, 0.29) is 0 Å². The van der Waals surface area contributed by atoms with Crippen LogP contribution < -0.4 is 4.90 Å². The van der Waals surface area contributed by atoms with Gasteiger partial charge >= 0.3 is 0 Å². The molecule has 1 fully saturated rings. The van der Waals surface area contributed by atoms with Gasteiger partial charge in [0.05, 0.1) is 0 Å². The number of hydrogen-bond acceptors (Lipinski definition) is 3. The summed E-state index contributed by atoms with van der Waals surface area (Å²) in [6, 6.07) is 4.97. The van der Waals surface area contributed by atoms with Crippen molar-refractivity contribution in [3.63, 3.8) is 0 Å². The van der Waals surface area contributed by atoms with E-state index in [1.54, 1.807) is 0 Å². The number of unbranched alkanes of at least 4 members (excludes halogenated alkanes) is 1. The van der Waals surface area contributed by atoms with Crippen molar-refractivity contribution in [2.45, 2.75) is 58.9 Å². The first kappa shape index (κ1) is 16.3. The van der Waals surface area contributed by atoms with Gasteiger partial charge in [0.2, 0.25) is 0 Å². The molecule has 1 aromatic rings. The van der Waals surface area contributed by atoms with Gasteiger partial charge in [-0.1, -0.05) is 25.8 Å². The van der Waals surface area contributed by atoms with Crippen molar-refractivity contribution < 1.29 is 0 Å². The molecule has 1 aromatic heterocycles. The minimum atomic E-state index is 0.564. The van der Waals surface area contributed by atoms with Crippen molar-refractivity contribution in [1.82, 2.24) is 9.88 Å². The molecular weight excluding hydrogens is 258 g/mol. The molecule has 0 unspecified atom stereocenters. The molecule has 0 aromatic carbocycles. The van der Waals surface area contributed by atoms with E-state index in [1.807, 2.05) is 6.20 Å². The third kappa shape index (κ3) is 3.97. The summed E-state index contributed by atoms with van der Waals surface area (Å²) in [6.45, 7) is 11.3. The lowest BCUT2D eigenvalue weighted by Crippen LogP contribution is -2.35. The van der Waals surface area contributed by atoms with E-state index in [2.05, 4.69) is 42.7 Å². The first-order chi connectivity index (χ1) is 10.3. The topological polar surface area (TPSA) is 19.4 Å². The molecule has 0 aliphatic carbocycles. The second-order valence-electron chi connectivity index (χ2n) is 5.99. The Labute approximate surface area is 130 Å². The zero-order valence-corrected chi connectivity index (χ0v) is 14.0. The molecule has 1 aliphatic rings. The van der Waals surface area contributed by atoms with Crippen molar-refractivity contribution in [3.8, 4) is 0 Å². The highest BCUT2D eigenvalue weighted by molar-refractivity contribution is 5.48. The van der Waals surface area contributed by atoms with Gasteiger partial charge < -0.3 is 4.90 Å². The van der Waals surface area contributed by atoms with Crippen molar-refractivity contribution >= 4 is 5.82 Å². The van der Waals surface area contributed by atoms with E-state index in [4.69, 9.17) is 4.98 Å². The SMILES string of the molecule is CCCCN1CCCC[C@@H]1c1cccnc1N(CC)CC. The minimum absolute atomic E-state index is 0.564. The van der Waals surface area contributed by atoms with Crippen LogP contribution in [-0.4, -0.2) is 36.1 Å². The molecule has 1 atom stereocenters. The van der Waals surface area contributed by atoms with Crippen LogP contribution in [0.3, 0.4) is 0 Å². The predicted molar refractivity (Wildman–Crippen MR) is 90.9 cm³/mol. The van der Waals surface area contributed by atoms with E-state index >= 15 is 0 Å². The fraction of sp³-hybridized carbons (Fsp3) is 0.722. The van der Waals surface area contributed by atoms with Gasteiger partial charge in [-0.2, -0.15) is 0 Å². The number of piperidine rings is 1. The molecule has 0 amide bonds. The van der Waals surface area contributed by atoms with E-state index < -0.39 is 0 Å². The number of nitrogens with zero attached hydrogens (tertiary/aromatic N) is 3. The van der Waals surface area contributed by atoms with Crippen molar-refractivity contribution in [1.29, 1.82) is 0 Å². The summed E-state index contributed by atoms with van der Waals surface area (Å²) in [5, 5.41) is 0. The quantitative estimate of drug-likeness (QED) is 0.748. The van der Waals surface area contributed by atoms with Crippen molar-refractivity contribution in [3.05, 3.63) is 23.9 Å². The fourth-order valence-corrected chi connectivity index (χ4v) is 3.43. The number of aromatic nitrogens is 1. The summed E-state index contributed by atoms with van der Waals surface area (Å²) >= 11 is 0. The highest BCUT2D eigenvalue weighted by Crippen LogP contribution is 2.35. The molecule has 21 heavy (non-hydrogen) atoms. The summed E-state index contributed by atoms with van der Waals surface area (Å²) in [5.41, 5.74) is 1.44. The van der Waals surface area contributed by atoms with Crippen LogP contribution in [0.4, 0.5) is 5.82 Å². The molecule has 118 valence electrons. The number of pyridine rings is 1. The Morgan fingerprint density at radius 1 is 1.24 bits per heavy atom. The lowest BCUT2D eigenvalue weighted by atomic mass is 9.95. The Morgan fingerprint density at radius 3 is 2.76 bits per heavy atom. The third-order valence-corrected chi connectivity index (χ3v) is 4.65. The Hall–Kier alpha value is -1.09. The van der Waals surface area contributed by atoms with Crippen LogP contribution >= 0.6 is 0 Å². The van der Waals surface area contributed by atoms with Gasteiger partial charge in [-0.15, -0.1) is 0 Å². The van der Waals surface area contributed by atoms with E-state index in [1.165, 1.54) is 56.6 Å². The summed E-state index contributed by atoms with van der Waals surface area (Å²) in [5.74, 6) is 1.20. The molecule has 2 rings (SSSR count). The highest BCUT2D eigenvalue weighted by Gasteiger charge is 2.26. The Kier molecular flexibility index (Phi) is 6.50. The van der Waals surface area contributed by atoms with E-state index in [0.29, 0.717) is 6.04 Å². The van der Waals surface area contributed by atoms with E-state index in [0.717, 1.165) is 13.1 Å². The number of likely N-dealkylation sites (tertiary alicyclic amines) is 1. The molecule has 0 saturated carbocycles. The third-order valence-electron chi connectivity index (χ3n) is 4.65. The van der Waals surface area contributed by atoms with E-state index in [9.17, 15) is 0 Å². The second-order valence-corrected chi connectivity index (χ2v) is 5.99. The van der Waals surface area contributed by atoms with Gasteiger partial charge in [-0.25, -0.2) is 4.98 Å². The van der Waals surface area contributed by atoms with Crippen LogP contribution in [0.1, 0.15) is 64.5 Å². The molecule has 0 N–H and O–H groups in total. The lowest BCUT2D eigenvalue weighted by molar-refractivity contribution is 0.146. The van der Waals surface area contributed by atoms with Crippen LogP contribution in [0.25, 0.3) is 0 Å². The molecule has 0 spiro atoms. The lowest BCUT2D eigenvalue weighted by Gasteiger charge is -2.37. The van der Waals surface area contributed by atoms with Gasteiger partial charge in [0.25, 0.3) is 0 Å². The van der Waals surface area contributed by atoms with Gasteiger partial charge in [-0.05, 0) is 52.3 Å². The number of hydrogen-bond donors (Lipinski definition) is 0. The number of rotatable bonds is 7. The first-order valence-corrected chi connectivity index (χ1v) is 8.75. The molecule has 1 aliphatic heterocycles. The largest absolute Gasteiger partial charge is 0.357 e. The van der Waals surface area contributed by atoms with Crippen LogP contribution in [0.5, 0.6) is 0 Å². The van der Waals surface area contributed by atoms with Crippen LogP contribution in [0, 0.1) is 0 Å². The Balaban J connectivity index is 2.25. The molecule has 3 heteroatoms. The second kappa shape index (κ2) is 8.38. The van der Waals surface area contributed by atoms with Crippen LogP contribution in [0.2, 0.25) is 0 Å². The molecule has 2 heterocycles. The smallest absolute Gasteiger partial charge is 0.133 e. The fourth-order valence-electron chi connectivity index (χ4n) is 3.43. The van der Waals surface area contributed by atoms with Gasteiger partial charge in [-0.3, -0.25) is 4.90 Å². The molecule has 3 nitrogen and oxygen atoms in total. The maximum atomic E-state index is 4.71. The standard InChI is InChI=1S/C18H31N3/c1-4-7-14-21-15-9-8-12-17(21)16-11-10-13-19-18(16)20(5-2)6-3/h10-11,13,17H,4-9,12,14-15H2,1-3H3/t17-/m1/s1. The molecule has 0 radical (unpaired) electrons. The monoisotopic (exact) mass is 289 g/mol. The maximum absolute atomic E-state index is 4.71. The Bertz CT molecular complexity index is 415. The summed E-state index contributed by atoms with van der Waals surface area (Å²) in [7, 11) is 0. The molecule has 1 saturated heterocycles. The maximum Gasteiger partial charge on any atom is 0.133 e. The van der Waals surface area contributed by atoms with Crippen molar-refractivity contribution in [2.75, 3.05) is 31.1 Å². The first-order valence-electron chi connectivity index (χ1n) is 8.75. The van der Waals surface area contributed by atoms with Crippen LogP contribution in [-0.2, 0) is 0 Å². The van der Waals surface area contributed by atoms with Crippen LogP contribution in [0.15, 0.2) is 18.3 Å². The summed E-state index contributed by atoms with van der Waals surface area (Å²) in [6.07, 6.45) is 8.50. The average Bonchev–Trinajstić information content (AvgIpc) is 2.55. The predicted octanol–water partition coefficient (Wildman–Crippen LogP) is 4.25. The van der Waals surface area contributed by atoms with Gasteiger partial charge in [0.1, 0.15) is 5.82 Å². The highest BCUT2D eigenvalue weighted by atomic mass is 15.2. The summed E-state index contributed by atoms with van der Waals surface area (Å²) < 4.78 is 0. The zero-order chi connectivity index (χ0) is 15.1. The normalized spacial score (nSPS) is 19.7. The Morgan fingerprint density at radius 2 is 2.05 bits per heavy atom. The van der Waals surface area contributed by atoms with Gasteiger partial charge in [0, 0.05) is 30.9 Å². The summed E-state index contributed by atoms with van der Waals surface area (Å²) in [4.78, 5) is 9.79. The van der Waals surface area contributed by atoms with Gasteiger partial charge in [0.15, 0.2) is 0 Å². The zero-order valence-electron chi connectivity index (χ0n) is 14.0. The number of anilines is 1. The average molecular weight is 289 g/mol.